The molecule has 0 saturated heterocycles. The zero-order chi connectivity index (χ0) is 6.57. The number of hydrogen-bond donors (Lipinski definition) is 0. The van der Waals surface area contributed by atoms with Crippen LogP contribution in [0, 0.1) is 9.81 Å². The highest BCUT2D eigenvalue weighted by Gasteiger charge is 1.92. The molecule has 0 atom stereocenters. The van der Waals surface area contributed by atoms with Gasteiger partial charge in [-0.05, 0) is 24.2 Å². The Labute approximate surface area is 46.5 Å². The van der Waals surface area contributed by atoms with E-state index in [-0.39, 0.29) is 11.4 Å². The first-order valence-corrected chi connectivity index (χ1v) is 2.06. The number of nitroso groups, excluding NO2 is 2. The molecule has 0 aliphatic rings. The van der Waals surface area contributed by atoms with Crippen molar-refractivity contribution >= 4 is 0 Å². The summed E-state index contributed by atoms with van der Waals surface area (Å²) in [5.74, 6) is 0. The minimum Gasteiger partial charge on any atom is -0.145 e. The van der Waals surface area contributed by atoms with Gasteiger partial charge >= 0.3 is 0 Å². The van der Waals surface area contributed by atoms with Crippen molar-refractivity contribution in [3.8, 4) is 0 Å². The van der Waals surface area contributed by atoms with Crippen LogP contribution in [0.3, 0.4) is 0 Å². The lowest BCUT2D eigenvalue weighted by atomic mass is 10.4. The molecule has 0 saturated carbocycles. The zero-order valence-corrected chi connectivity index (χ0v) is 4.71. The molecule has 4 nitrogen and oxygen atoms in total. The van der Waals surface area contributed by atoms with Gasteiger partial charge in [0, 0.05) is 0 Å². The van der Waals surface area contributed by atoms with Crippen LogP contribution in [0.15, 0.2) is 21.7 Å². The Morgan fingerprint density at radius 2 is 1.25 bits per heavy atom. The van der Waals surface area contributed by atoms with Gasteiger partial charge in [-0.2, -0.15) is 0 Å². The van der Waals surface area contributed by atoms with Crippen molar-refractivity contribution < 1.29 is 0 Å². The monoisotopic (exact) mass is 114 g/mol. The third-order valence-electron chi connectivity index (χ3n) is 0.797. The molecule has 0 aromatic heterocycles. The van der Waals surface area contributed by atoms with Crippen LogP contribution in [-0.2, 0) is 0 Å². The molecular formula is C4H6N2O2. The molecule has 0 rings (SSSR count). The summed E-state index contributed by atoms with van der Waals surface area (Å²) in [5.41, 5.74) is 0.278. The van der Waals surface area contributed by atoms with E-state index in [0.29, 0.717) is 0 Å². The molecule has 4 heteroatoms. The molecular weight excluding hydrogens is 108 g/mol. The van der Waals surface area contributed by atoms with Crippen LogP contribution in [0.5, 0.6) is 0 Å². The van der Waals surface area contributed by atoms with Crippen LogP contribution < -0.4 is 0 Å². The molecule has 0 spiro atoms. The standard InChI is InChI=1S/C4H6N2O2/c1-3(5-7)4(2)6-8/h1-2H3/b4-3-. The summed E-state index contributed by atoms with van der Waals surface area (Å²) in [7, 11) is 0. The summed E-state index contributed by atoms with van der Waals surface area (Å²) >= 11 is 0. The van der Waals surface area contributed by atoms with Crippen molar-refractivity contribution in [3.05, 3.63) is 21.2 Å². The molecule has 0 N–H and O–H groups in total. The summed E-state index contributed by atoms with van der Waals surface area (Å²) in [4.78, 5) is 19.2. The lowest BCUT2D eigenvalue weighted by Crippen LogP contribution is -1.71. The fourth-order valence-corrected chi connectivity index (χ4v) is 0.132. The van der Waals surface area contributed by atoms with E-state index in [1.54, 1.807) is 0 Å². The summed E-state index contributed by atoms with van der Waals surface area (Å²) in [6.45, 7) is 2.87. The minimum absolute atomic E-state index is 0.139. The Balaban J connectivity index is 4.25. The topological polar surface area (TPSA) is 58.9 Å². The highest BCUT2D eigenvalue weighted by molar-refractivity contribution is 5.05. The summed E-state index contributed by atoms with van der Waals surface area (Å²) in [6.07, 6.45) is 0. The summed E-state index contributed by atoms with van der Waals surface area (Å²) in [5, 5.41) is 4.99. The minimum atomic E-state index is 0.139. The first-order chi connectivity index (χ1) is 3.72. The Hall–Kier alpha value is -1.06. The Kier molecular flexibility index (Phi) is 2.61. The number of hydrogen-bond acceptors (Lipinski definition) is 4. The van der Waals surface area contributed by atoms with Crippen molar-refractivity contribution in [2.45, 2.75) is 13.8 Å². The number of nitrogens with zero attached hydrogens (tertiary/aromatic N) is 2. The van der Waals surface area contributed by atoms with E-state index in [1.165, 1.54) is 13.8 Å². The van der Waals surface area contributed by atoms with Crippen LogP contribution in [0.2, 0.25) is 0 Å². The van der Waals surface area contributed by atoms with Gasteiger partial charge in [-0.15, -0.1) is 9.81 Å². The van der Waals surface area contributed by atoms with Gasteiger partial charge in [0.1, 0.15) is 11.4 Å². The van der Waals surface area contributed by atoms with E-state index >= 15 is 0 Å². The van der Waals surface area contributed by atoms with Gasteiger partial charge in [0.2, 0.25) is 0 Å². The third kappa shape index (κ3) is 1.59. The third-order valence-corrected chi connectivity index (χ3v) is 0.797. The molecule has 0 radical (unpaired) electrons. The lowest BCUT2D eigenvalue weighted by Gasteiger charge is -1.82. The first kappa shape index (κ1) is 6.94. The van der Waals surface area contributed by atoms with E-state index in [4.69, 9.17) is 0 Å². The van der Waals surface area contributed by atoms with E-state index in [0.717, 1.165) is 0 Å². The van der Waals surface area contributed by atoms with Crippen molar-refractivity contribution in [2.75, 3.05) is 0 Å². The molecule has 8 heavy (non-hydrogen) atoms. The lowest BCUT2D eigenvalue weighted by molar-refractivity contribution is 1.14. The Bertz CT molecular complexity index is 123. The van der Waals surface area contributed by atoms with Gasteiger partial charge in [0.15, 0.2) is 0 Å². The van der Waals surface area contributed by atoms with E-state index in [9.17, 15) is 9.81 Å². The van der Waals surface area contributed by atoms with Crippen LogP contribution >= 0.6 is 0 Å². The maximum atomic E-state index is 9.60. The van der Waals surface area contributed by atoms with Crippen LogP contribution in [-0.4, -0.2) is 0 Å². The molecule has 0 aliphatic carbocycles. The van der Waals surface area contributed by atoms with E-state index in [2.05, 4.69) is 10.4 Å². The van der Waals surface area contributed by atoms with Gasteiger partial charge in [0.25, 0.3) is 0 Å². The fourth-order valence-electron chi connectivity index (χ4n) is 0.132. The van der Waals surface area contributed by atoms with Crippen molar-refractivity contribution in [3.63, 3.8) is 0 Å². The molecule has 0 aliphatic heterocycles. The molecule has 0 unspecified atom stereocenters. The van der Waals surface area contributed by atoms with Gasteiger partial charge in [-0.3, -0.25) is 0 Å². The van der Waals surface area contributed by atoms with Crippen molar-refractivity contribution in [1.29, 1.82) is 0 Å². The maximum absolute atomic E-state index is 9.60. The summed E-state index contributed by atoms with van der Waals surface area (Å²) in [6, 6.07) is 0. The van der Waals surface area contributed by atoms with Gasteiger partial charge in [0.05, 0.1) is 0 Å². The van der Waals surface area contributed by atoms with Gasteiger partial charge in [-0.25, -0.2) is 0 Å². The van der Waals surface area contributed by atoms with Crippen LogP contribution in [0.1, 0.15) is 13.8 Å². The molecule has 0 amide bonds. The largest absolute Gasteiger partial charge is 0.145 e. The summed E-state index contributed by atoms with van der Waals surface area (Å²) < 4.78 is 0. The number of rotatable bonds is 2. The predicted octanol–water partition coefficient (Wildman–Crippen LogP) is 1.77. The molecule has 0 fully saturated rings. The van der Waals surface area contributed by atoms with Crippen molar-refractivity contribution in [1.82, 2.24) is 0 Å². The van der Waals surface area contributed by atoms with E-state index < -0.39 is 0 Å². The average Bonchev–Trinajstić information content (AvgIpc) is 1.84. The van der Waals surface area contributed by atoms with Gasteiger partial charge < -0.3 is 0 Å². The normalized spacial score (nSPS) is 12.2. The molecule has 0 aromatic rings. The first-order valence-electron chi connectivity index (χ1n) is 2.06. The second kappa shape index (κ2) is 3.01. The predicted molar refractivity (Wildman–Crippen MR) is 30.0 cm³/mol. The fraction of sp³-hybridized carbons (Fsp3) is 0.500. The van der Waals surface area contributed by atoms with Crippen LogP contribution in [0.25, 0.3) is 0 Å². The SMILES string of the molecule is C/C(N=O)=C(\C)N=O. The average molecular weight is 114 g/mol. The smallest absolute Gasteiger partial charge is 0.106 e. The van der Waals surface area contributed by atoms with Crippen molar-refractivity contribution in [2.24, 2.45) is 10.4 Å². The van der Waals surface area contributed by atoms with E-state index in [1.807, 2.05) is 0 Å². The molecule has 0 bridgehead atoms. The molecule has 0 heterocycles. The highest BCUT2D eigenvalue weighted by Crippen LogP contribution is 2.03. The Morgan fingerprint density at radius 3 is 1.38 bits per heavy atom. The van der Waals surface area contributed by atoms with Gasteiger partial charge in [-0.1, -0.05) is 0 Å². The second-order valence-corrected chi connectivity index (χ2v) is 1.35. The Morgan fingerprint density at radius 1 is 1.00 bits per heavy atom. The molecule has 44 valence electrons. The molecule has 0 aromatic carbocycles. The second-order valence-electron chi connectivity index (χ2n) is 1.35. The zero-order valence-electron chi connectivity index (χ0n) is 4.71. The number of allylic oxidation sites excluding steroid dienone is 2. The highest BCUT2D eigenvalue weighted by atomic mass is 16.3. The quantitative estimate of drug-likeness (QED) is 0.513. The van der Waals surface area contributed by atoms with Crippen LogP contribution in [0.4, 0.5) is 0 Å². The maximum Gasteiger partial charge on any atom is 0.106 e.